The summed E-state index contributed by atoms with van der Waals surface area (Å²) in [4.78, 5) is 24.6. The molecule has 132 valence electrons. The molecule has 0 aliphatic rings. The van der Waals surface area contributed by atoms with Crippen molar-refractivity contribution >= 4 is 17.7 Å². The summed E-state index contributed by atoms with van der Waals surface area (Å²) in [6.45, 7) is 3.36. The minimum Gasteiger partial charge on any atom is -0.353 e. The molecule has 2 aromatic rings. The van der Waals surface area contributed by atoms with Crippen molar-refractivity contribution in [1.82, 2.24) is 9.47 Å². The van der Waals surface area contributed by atoms with Gasteiger partial charge in [-0.2, -0.15) is 0 Å². The second-order valence-corrected chi connectivity index (χ2v) is 5.91. The molecule has 0 spiro atoms. The summed E-state index contributed by atoms with van der Waals surface area (Å²) in [5.74, 6) is -0.0620. The SMILES string of the molecule is CCCCN(Cc1cccn1C)C(=O)/C=C/c1ccc([N+](=O)[O-])cc1. The average Bonchev–Trinajstić information content (AvgIpc) is 3.01. The highest BCUT2D eigenvalue weighted by Gasteiger charge is 2.12. The van der Waals surface area contributed by atoms with Crippen LogP contribution in [-0.2, 0) is 18.4 Å². The number of unbranched alkanes of at least 4 members (excludes halogenated alkanes) is 1. The van der Waals surface area contributed by atoms with Gasteiger partial charge in [-0.25, -0.2) is 0 Å². The fraction of sp³-hybridized carbons (Fsp3) is 0.316. The molecule has 0 N–H and O–H groups in total. The number of hydrogen-bond acceptors (Lipinski definition) is 3. The van der Waals surface area contributed by atoms with Gasteiger partial charge in [0.15, 0.2) is 0 Å². The smallest absolute Gasteiger partial charge is 0.269 e. The molecule has 1 aromatic heterocycles. The van der Waals surface area contributed by atoms with E-state index in [1.165, 1.54) is 18.2 Å². The van der Waals surface area contributed by atoms with Crippen LogP contribution in [0.25, 0.3) is 6.08 Å². The van der Waals surface area contributed by atoms with Gasteiger partial charge in [0.2, 0.25) is 5.91 Å². The van der Waals surface area contributed by atoms with Gasteiger partial charge in [-0.05, 0) is 42.3 Å². The zero-order valence-corrected chi connectivity index (χ0v) is 14.6. The first-order valence-electron chi connectivity index (χ1n) is 8.33. The van der Waals surface area contributed by atoms with E-state index in [4.69, 9.17) is 0 Å². The Labute approximate surface area is 147 Å². The summed E-state index contributed by atoms with van der Waals surface area (Å²) in [6.07, 6.45) is 7.14. The van der Waals surface area contributed by atoms with Crippen LogP contribution in [0.2, 0.25) is 0 Å². The second kappa shape index (κ2) is 8.82. The topological polar surface area (TPSA) is 68.4 Å². The zero-order chi connectivity index (χ0) is 18.2. The lowest BCUT2D eigenvalue weighted by Crippen LogP contribution is -2.30. The maximum atomic E-state index is 12.6. The summed E-state index contributed by atoms with van der Waals surface area (Å²) in [6, 6.07) is 10.1. The zero-order valence-electron chi connectivity index (χ0n) is 14.6. The lowest BCUT2D eigenvalue weighted by molar-refractivity contribution is -0.384. The fourth-order valence-corrected chi connectivity index (χ4v) is 2.45. The Morgan fingerprint density at radius 3 is 2.56 bits per heavy atom. The Balaban J connectivity index is 2.07. The third-order valence-electron chi connectivity index (χ3n) is 4.02. The number of benzene rings is 1. The largest absolute Gasteiger partial charge is 0.353 e. The number of aromatic nitrogens is 1. The van der Waals surface area contributed by atoms with E-state index in [9.17, 15) is 14.9 Å². The number of carbonyl (C=O) groups is 1. The van der Waals surface area contributed by atoms with Crippen LogP contribution < -0.4 is 0 Å². The Hall–Kier alpha value is -2.89. The molecule has 0 saturated heterocycles. The molecule has 1 amide bonds. The molecule has 0 aliphatic carbocycles. The minimum atomic E-state index is -0.439. The number of nitrogens with zero attached hydrogens (tertiary/aromatic N) is 3. The van der Waals surface area contributed by atoms with Gasteiger partial charge in [0, 0.05) is 43.7 Å². The van der Waals surface area contributed by atoms with Crippen molar-refractivity contribution in [3.63, 3.8) is 0 Å². The van der Waals surface area contributed by atoms with E-state index in [0.717, 1.165) is 24.1 Å². The van der Waals surface area contributed by atoms with Gasteiger partial charge in [-0.1, -0.05) is 13.3 Å². The molecule has 25 heavy (non-hydrogen) atoms. The fourth-order valence-electron chi connectivity index (χ4n) is 2.45. The van der Waals surface area contributed by atoms with Crippen LogP contribution in [0, 0.1) is 10.1 Å². The Morgan fingerprint density at radius 1 is 1.28 bits per heavy atom. The maximum Gasteiger partial charge on any atom is 0.269 e. The van der Waals surface area contributed by atoms with Gasteiger partial charge >= 0.3 is 0 Å². The van der Waals surface area contributed by atoms with E-state index in [1.807, 2.05) is 34.8 Å². The van der Waals surface area contributed by atoms with E-state index in [2.05, 4.69) is 6.92 Å². The van der Waals surface area contributed by atoms with Crippen LogP contribution >= 0.6 is 0 Å². The van der Waals surface area contributed by atoms with Crippen molar-refractivity contribution in [2.75, 3.05) is 6.54 Å². The summed E-state index contributed by atoms with van der Waals surface area (Å²) >= 11 is 0. The molecule has 6 nitrogen and oxygen atoms in total. The number of nitro benzene ring substituents is 1. The molecule has 0 bridgehead atoms. The third-order valence-corrected chi connectivity index (χ3v) is 4.02. The van der Waals surface area contributed by atoms with Crippen molar-refractivity contribution in [3.05, 3.63) is 70.0 Å². The second-order valence-electron chi connectivity index (χ2n) is 5.91. The van der Waals surface area contributed by atoms with Crippen LogP contribution in [-0.4, -0.2) is 26.8 Å². The molecular weight excluding hydrogens is 318 g/mol. The van der Waals surface area contributed by atoms with Gasteiger partial charge < -0.3 is 9.47 Å². The lowest BCUT2D eigenvalue weighted by Gasteiger charge is -2.21. The van der Waals surface area contributed by atoms with Gasteiger partial charge in [0.1, 0.15) is 0 Å². The highest BCUT2D eigenvalue weighted by atomic mass is 16.6. The van der Waals surface area contributed by atoms with Crippen LogP contribution in [0.1, 0.15) is 31.0 Å². The number of non-ortho nitro benzene ring substituents is 1. The van der Waals surface area contributed by atoms with Crippen molar-refractivity contribution < 1.29 is 9.72 Å². The summed E-state index contributed by atoms with van der Waals surface area (Å²) in [5.41, 5.74) is 1.87. The van der Waals surface area contributed by atoms with Crippen LogP contribution in [0.4, 0.5) is 5.69 Å². The van der Waals surface area contributed by atoms with Crippen molar-refractivity contribution in [3.8, 4) is 0 Å². The monoisotopic (exact) mass is 341 g/mol. The number of carbonyl (C=O) groups excluding carboxylic acids is 1. The number of nitro groups is 1. The first kappa shape index (κ1) is 18.4. The first-order valence-corrected chi connectivity index (χ1v) is 8.33. The average molecular weight is 341 g/mol. The highest BCUT2D eigenvalue weighted by Crippen LogP contribution is 2.13. The lowest BCUT2D eigenvalue weighted by atomic mass is 10.2. The number of hydrogen-bond donors (Lipinski definition) is 0. The van der Waals surface area contributed by atoms with Gasteiger partial charge in [-0.3, -0.25) is 14.9 Å². The van der Waals surface area contributed by atoms with Gasteiger partial charge in [-0.15, -0.1) is 0 Å². The highest BCUT2D eigenvalue weighted by molar-refractivity contribution is 5.91. The van der Waals surface area contributed by atoms with Crippen molar-refractivity contribution in [2.45, 2.75) is 26.3 Å². The molecule has 0 radical (unpaired) electrons. The standard InChI is InChI=1S/C19H23N3O3/c1-3-4-14-21(15-18-6-5-13-20(18)2)19(23)12-9-16-7-10-17(11-8-16)22(24)25/h5-13H,3-4,14-15H2,1-2H3/b12-9+. The predicted octanol–water partition coefficient (Wildman–Crippen LogP) is 3.78. The minimum absolute atomic E-state index is 0.0387. The third kappa shape index (κ3) is 5.31. The molecular formula is C19H23N3O3. The van der Waals surface area contributed by atoms with Crippen LogP contribution in [0.15, 0.2) is 48.7 Å². The summed E-state index contributed by atoms with van der Waals surface area (Å²) < 4.78 is 2.01. The van der Waals surface area contributed by atoms with Crippen LogP contribution in [0.5, 0.6) is 0 Å². The van der Waals surface area contributed by atoms with E-state index < -0.39 is 4.92 Å². The van der Waals surface area contributed by atoms with E-state index in [1.54, 1.807) is 18.2 Å². The molecule has 0 saturated carbocycles. The van der Waals surface area contributed by atoms with E-state index >= 15 is 0 Å². The van der Waals surface area contributed by atoms with Gasteiger partial charge in [0.25, 0.3) is 5.69 Å². The van der Waals surface area contributed by atoms with Crippen molar-refractivity contribution in [2.24, 2.45) is 7.05 Å². The normalized spacial score (nSPS) is 11.0. The Kier molecular flexibility index (Phi) is 6.51. The Bertz CT molecular complexity index is 748. The molecule has 1 heterocycles. The molecule has 0 aliphatic heterocycles. The molecule has 0 unspecified atom stereocenters. The quantitative estimate of drug-likeness (QED) is 0.417. The first-order chi connectivity index (χ1) is 12.0. The molecule has 2 rings (SSSR count). The molecule has 6 heteroatoms. The summed E-state index contributed by atoms with van der Waals surface area (Å²) in [7, 11) is 1.96. The maximum absolute atomic E-state index is 12.6. The summed E-state index contributed by atoms with van der Waals surface area (Å²) in [5, 5.41) is 10.7. The number of rotatable bonds is 8. The van der Waals surface area contributed by atoms with Gasteiger partial charge in [0.05, 0.1) is 11.5 Å². The van der Waals surface area contributed by atoms with Crippen LogP contribution in [0.3, 0.4) is 0 Å². The van der Waals surface area contributed by atoms with E-state index in [0.29, 0.717) is 13.1 Å². The number of amides is 1. The predicted molar refractivity (Wildman–Crippen MR) is 97.9 cm³/mol. The van der Waals surface area contributed by atoms with Crippen molar-refractivity contribution in [1.29, 1.82) is 0 Å². The van der Waals surface area contributed by atoms with E-state index in [-0.39, 0.29) is 11.6 Å². The molecule has 0 atom stereocenters. The Morgan fingerprint density at radius 2 is 2.00 bits per heavy atom. The number of aryl methyl sites for hydroxylation is 1. The molecule has 1 aromatic carbocycles. The molecule has 0 fully saturated rings.